The van der Waals surface area contributed by atoms with E-state index in [1.807, 2.05) is 18.2 Å². The van der Waals surface area contributed by atoms with Gasteiger partial charge in [-0.2, -0.15) is 13.2 Å². The van der Waals surface area contributed by atoms with E-state index in [-0.39, 0.29) is 24.0 Å². The van der Waals surface area contributed by atoms with E-state index in [1.54, 1.807) is 7.05 Å². The number of nitrogens with one attached hydrogen (secondary N) is 2. The number of aliphatic imine (C=N–C) groups is 1. The average Bonchev–Trinajstić information content (AvgIpc) is 2.68. The second-order valence-electron chi connectivity index (χ2n) is 6.37. The summed E-state index contributed by atoms with van der Waals surface area (Å²) in [4.78, 5) is 4.18. The molecule has 0 bridgehead atoms. The summed E-state index contributed by atoms with van der Waals surface area (Å²) >= 11 is 0. The van der Waals surface area contributed by atoms with Crippen molar-refractivity contribution < 1.29 is 17.9 Å². The molecule has 0 saturated carbocycles. The van der Waals surface area contributed by atoms with E-state index in [9.17, 15) is 13.2 Å². The molecule has 8 heteroatoms. The molecule has 28 heavy (non-hydrogen) atoms. The van der Waals surface area contributed by atoms with Crippen LogP contribution in [0.1, 0.15) is 29.0 Å². The maximum absolute atomic E-state index is 12.6. The van der Waals surface area contributed by atoms with Crippen LogP contribution >= 0.6 is 24.0 Å². The van der Waals surface area contributed by atoms with Crippen LogP contribution in [0, 0.1) is 0 Å². The Morgan fingerprint density at radius 2 is 1.82 bits per heavy atom. The third-order valence-corrected chi connectivity index (χ3v) is 4.56. The molecule has 0 fully saturated rings. The van der Waals surface area contributed by atoms with Crippen LogP contribution in [0.2, 0.25) is 0 Å². The summed E-state index contributed by atoms with van der Waals surface area (Å²) in [5.41, 5.74) is 1.28. The first-order chi connectivity index (χ1) is 13.0. The Kier molecular flexibility index (Phi) is 7.97. The van der Waals surface area contributed by atoms with E-state index in [1.165, 1.54) is 17.7 Å². The minimum absolute atomic E-state index is 0. The van der Waals surface area contributed by atoms with Crippen molar-refractivity contribution in [1.82, 2.24) is 10.6 Å². The largest absolute Gasteiger partial charge is 0.493 e. The number of ether oxygens (including phenoxy) is 1. The predicted molar refractivity (Wildman–Crippen MR) is 114 cm³/mol. The molecular formula is C20H23F3IN3O. The van der Waals surface area contributed by atoms with Crippen molar-refractivity contribution in [3.8, 4) is 5.75 Å². The summed E-state index contributed by atoms with van der Waals surface area (Å²) in [5, 5.41) is 6.42. The molecule has 0 saturated heterocycles. The van der Waals surface area contributed by atoms with Crippen molar-refractivity contribution in [1.29, 1.82) is 0 Å². The highest BCUT2D eigenvalue weighted by molar-refractivity contribution is 14.0. The van der Waals surface area contributed by atoms with Gasteiger partial charge in [0.25, 0.3) is 0 Å². The Hall–Kier alpha value is -1.97. The molecular weight excluding hydrogens is 482 g/mol. The van der Waals surface area contributed by atoms with Crippen molar-refractivity contribution in [2.75, 3.05) is 20.2 Å². The molecule has 1 aliphatic heterocycles. The Morgan fingerprint density at radius 3 is 2.50 bits per heavy atom. The summed E-state index contributed by atoms with van der Waals surface area (Å²) in [6, 6.07) is 13.1. The molecule has 0 radical (unpaired) electrons. The lowest BCUT2D eigenvalue weighted by Crippen LogP contribution is -2.39. The number of alkyl halides is 3. The van der Waals surface area contributed by atoms with Crippen LogP contribution in [0.25, 0.3) is 0 Å². The zero-order valence-electron chi connectivity index (χ0n) is 15.4. The number of hydrogen-bond acceptors (Lipinski definition) is 2. The Balaban J connectivity index is 0.00000280. The van der Waals surface area contributed by atoms with E-state index in [0.29, 0.717) is 31.6 Å². The standard InChI is InChI=1S/C20H22F3N3O.HI/c1-24-19(25-12-14-6-8-16(9-7-14)20(21,22)23)26-13-15-10-11-27-18-5-3-2-4-17(15)18;/h2-9,15H,10-13H2,1H3,(H2,24,25,26);1H. The molecule has 2 aromatic rings. The number of benzene rings is 2. The lowest BCUT2D eigenvalue weighted by atomic mass is 9.93. The lowest BCUT2D eigenvalue weighted by molar-refractivity contribution is -0.137. The third-order valence-electron chi connectivity index (χ3n) is 4.56. The zero-order valence-corrected chi connectivity index (χ0v) is 17.8. The van der Waals surface area contributed by atoms with Gasteiger partial charge in [0, 0.05) is 26.1 Å². The van der Waals surface area contributed by atoms with Crippen molar-refractivity contribution in [3.63, 3.8) is 0 Å². The quantitative estimate of drug-likeness (QED) is 0.364. The number of para-hydroxylation sites is 1. The number of halogens is 4. The van der Waals surface area contributed by atoms with E-state index < -0.39 is 11.7 Å². The summed E-state index contributed by atoms with van der Waals surface area (Å²) < 4.78 is 43.5. The summed E-state index contributed by atoms with van der Waals surface area (Å²) in [6.45, 7) is 1.77. The van der Waals surface area contributed by atoms with Crippen LogP contribution in [-0.4, -0.2) is 26.2 Å². The number of hydrogen-bond donors (Lipinski definition) is 2. The first-order valence-electron chi connectivity index (χ1n) is 8.80. The maximum atomic E-state index is 12.6. The molecule has 1 unspecified atom stereocenters. The predicted octanol–water partition coefficient (Wildman–Crippen LogP) is 4.55. The molecule has 2 aromatic carbocycles. The second-order valence-corrected chi connectivity index (χ2v) is 6.37. The van der Waals surface area contributed by atoms with Crippen LogP contribution in [-0.2, 0) is 12.7 Å². The molecule has 0 spiro atoms. The van der Waals surface area contributed by atoms with E-state index in [0.717, 1.165) is 29.9 Å². The summed E-state index contributed by atoms with van der Waals surface area (Å²) in [7, 11) is 1.67. The second kappa shape index (κ2) is 9.99. The summed E-state index contributed by atoms with van der Waals surface area (Å²) in [6.07, 6.45) is -3.40. The average molecular weight is 505 g/mol. The highest BCUT2D eigenvalue weighted by atomic mass is 127. The van der Waals surface area contributed by atoms with Gasteiger partial charge >= 0.3 is 6.18 Å². The molecule has 2 N–H and O–H groups in total. The van der Waals surface area contributed by atoms with Crippen LogP contribution in [0.15, 0.2) is 53.5 Å². The van der Waals surface area contributed by atoms with Crippen LogP contribution < -0.4 is 15.4 Å². The lowest BCUT2D eigenvalue weighted by Gasteiger charge is -2.26. The molecule has 1 heterocycles. The van der Waals surface area contributed by atoms with E-state index in [4.69, 9.17) is 4.74 Å². The highest BCUT2D eigenvalue weighted by Crippen LogP contribution is 2.32. The molecule has 0 aromatic heterocycles. The smallest absolute Gasteiger partial charge is 0.416 e. The van der Waals surface area contributed by atoms with Gasteiger partial charge in [0.15, 0.2) is 5.96 Å². The van der Waals surface area contributed by atoms with Gasteiger partial charge in [-0.05, 0) is 35.7 Å². The van der Waals surface area contributed by atoms with Crippen molar-refractivity contribution >= 4 is 29.9 Å². The summed E-state index contributed by atoms with van der Waals surface area (Å²) in [5.74, 6) is 1.85. The Labute approximate surface area is 179 Å². The van der Waals surface area contributed by atoms with Gasteiger partial charge in [-0.3, -0.25) is 4.99 Å². The first-order valence-corrected chi connectivity index (χ1v) is 8.80. The normalized spacial score (nSPS) is 16.4. The van der Waals surface area contributed by atoms with Crippen molar-refractivity contribution in [3.05, 3.63) is 65.2 Å². The zero-order chi connectivity index (χ0) is 19.3. The topological polar surface area (TPSA) is 45.7 Å². The van der Waals surface area contributed by atoms with Gasteiger partial charge in [-0.1, -0.05) is 30.3 Å². The minimum atomic E-state index is -4.32. The number of nitrogens with zero attached hydrogens (tertiary/aromatic N) is 1. The van der Waals surface area contributed by atoms with Gasteiger partial charge in [-0.25, -0.2) is 0 Å². The van der Waals surface area contributed by atoms with Crippen molar-refractivity contribution in [2.45, 2.75) is 25.1 Å². The Bertz CT molecular complexity index is 794. The SMILES string of the molecule is CN=C(NCc1ccc(C(F)(F)F)cc1)NCC1CCOc2ccccc21.I. The monoisotopic (exact) mass is 505 g/mol. The van der Waals surface area contributed by atoms with E-state index in [2.05, 4.69) is 21.7 Å². The highest BCUT2D eigenvalue weighted by Gasteiger charge is 2.29. The number of guanidine groups is 1. The molecule has 0 amide bonds. The van der Waals surface area contributed by atoms with Gasteiger partial charge < -0.3 is 15.4 Å². The van der Waals surface area contributed by atoms with Crippen LogP contribution in [0.3, 0.4) is 0 Å². The van der Waals surface area contributed by atoms with E-state index >= 15 is 0 Å². The first kappa shape index (κ1) is 22.3. The maximum Gasteiger partial charge on any atom is 0.416 e. The molecule has 4 nitrogen and oxygen atoms in total. The van der Waals surface area contributed by atoms with Gasteiger partial charge in [0.05, 0.1) is 12.2 Å². The van der Waals surface area contributed by atoms with Gasteiger partial charge in [0.1, 0.15) is 5.75 Å². The van der Waals surface area contributed by atoms with Crippen LogP contribution in [0.4, 0.5) is 13.2 Å². The Morgan fingerprint density at radius 1 is 1.11 bits per heavy atom. The van der Waals surface area contributed by atoms with Crippen LogP contribution in [0.5, 0.6) is 5.75 Å². The fourth-order valence-electron chi connectivity index (χ4n) is 3.07. The molecule has 0 aliphatic carbocycles. The van der Waals surface area contributed by atoms with Gasteiger partial charge in [0.2, 0.25) is 0 Å². The third kappa shape index (κ3) is 5.76. The fraction of sp³-hybridized carbons (Fsp3) is 0.350. The molecule has 1 atom stereocenters. The molecule has 3 rings (SSSR count). The fourth-order valence-corrected chi connectivity index (χ4v) is 3.07. The molecule has 1 aliphatic rings. The van der Waals surface area contributed by atoms with Gasteiger partial charge in [-0.15, -0.1) is 24.0 Å². The number of fused-ring (bicyclic) bond motifs is 1. The molecule has 152 valence electrons. The number of rotatable bonds is 4. The van der Waals surface area contributed by atoms with Crippen molar-refractivity contribution in [2.24, 2.45) is 4.99 Å². The minimum Gasteiger partial charge on any atom is -0.493 e.